The number of fused-ring (bicyclic) bond motifs is 1. The van der Waals surface area contributed by atoms with E-state index in [-0.39, 0.29) is 5.82 Å². The van der Waals surface area contributed by atoms with Crippen molar-refractivity contribution >= 4 is 39.8 Å². The van der Waals surface area contributed by atoms with Gasteiger partial charge in [-0.05, 0) is 76.9 Å². The molecule has 3 rings (SSSR count). The van der Waals surface area contributed by atoms with E-state index in [1.165, 1.54) is 17.2 Å². The molecule has 1 atom stereocenters. The normalized spacial score (nSPS) is 16.6. The van der Waals surface area contributed by atoms with Gasteiger partial charge in [0.1, 0.15) is 5.82 Å². The summed E-state index contributed by atoms with van der Waals surface area (Å²) in [6.45, 7) is 2.10. The zero-order chi connectivity index (χ0) is 17.3. The Kier molecular flexibility index (Phi) is 5.07. The van der Waals surface area contributed by atoms with Gasteiger partial charge in [-0.1, -0.05) is 18.2 Å². The van der Waals surface area contributed by atoms with Gasteiger partial charge in [0.05, 0.1) is 0 Å². The van der Waals surface area contributed by atoms with Gasteiger partial charge in [0.15, 0.2) is 0 Å². The number of hydrogen-bond donors (Lipinski definition) is 0. The van der Waals surface area contributed by atoms with Crippen molar-refractivity contribution in [2.75, 3.05) is 18.3 Å². The van der Waals surface area contributed by atoms with E-state index < -0.39 is 10.8 Å². The average molecular weight is 359 g/mol. The second-order valence-corrected chi connectivity index (χ2v) is 8.05. The number of benzene rings is 2. The van der Waals surface area contributed by atoms with E-state index in [1.807, 2.05) is 30.3 Å². The number of thioether (sulfide) groups is 1. The number of allylic oxidation sites excluding steroid dienone is 2. The van der Waals surface area contributed by atoms with Crippen molar-refractivity contribution in [3.8, 4) is 0 Å². The van der Waals surface area contributed by atoms with Gasteiger partial charge < -0.3 is 0 Å². The van der Waals surface area contributed by atoms with Gasteiger partial charge >= 0.3 is 0 Å². The molecular weight excluding hydrogens is 339 g/mol. The van der Waals surface area contributed by atoms with Gasteiger partial charge in [0, 0.05) is 27.7 Å². The Morgan fingerprint density at radius 3 is 2.46 bits per heavy atom. The van der Waals surface area contributed by atoms with E-state index in [4.69, 9.17) is 0 Å². The van der Waals surface area contributed by atoms with Crippen molar-refractivity contribution in [3.05, 3.63) is 70.5 Å². The van der Waals surface area contributed by atoms with Gasteiger partial charge in [-0.15, -0.1) is 0 Å². The van der Waals surface area contributed by atoms with E-state index in [0.717, 1.165) is 32.9 Å². The Labute approximate surface area is 149 Å². The molecule has 2 aromatic rings. The minimum absolute atomic E-state index is 0.198. The van der Waals surface area contributed by atoms with Crippen molar-refractivity contribution < 1.29 is 8.60 Å². The molecule has 0 heterocycles. The van der Waals surface area contributed by atoms with Crippen LogP contribution in [0.25, 0.3) is 17.2 Å². The van der Waals surface area contributed by atoms with Crippen LogP contribution in [-0.2, 0) is 10.8 Å². The highest BCUT2D eigenvalue weighted by atomic mass is 32.2. The van der Waals surface area contributed by atoms with Crippen LogP contribution in [0.3, 0.4) is 0 Å². The molecule has 0 aromatic heterocycles. The first-order chi connectivity index (χ1) is 11.5. The van der Waals surface area contributed by atoms with Crippen LogP contribution in [0, 0.1) is 5.82 Å². The maximum Gasteiger partial charge on any atom is 0.123 e. The van der Waals surface area contributed by atoms with Crippen LogP contribution in [0.2, 0.25) is 0 Å². The fourth-order valence-electron chi connectivity index (χ4n) is 3.01. The molecule has 0 N–H and O–H groups in total. The van der Waals surface area contributed by atoms with Crippen LogP contribution in [0.5, 0.6) is 0 Å². The molecule has 2 aromatic carbocycles. The van der Waals surface area contributed by atoms with Crippen molar-refractivity contribution in [3.63, 3.8) is 0 Å². The van der Waals surface area contributed by atoms with Gasteiger partial charge in [-0.2, -0.15) is 11.8 Å². The standard InChI is InChI=1S/C20H19FOS2/c1-13-18(10-14-4-7-16(8-5-14)24(3)22)17-9-6-15(21)11-19(17)20(13)12-23-2/h4-11H,12H2,1-3H3. The molecule has 0 fully saturated rings. The molecule has 0 spiro atoms. The SMILES string of the molecule is CSCC1=C(C)C(=Cc2ccc(S(C)=O)cc2)c2ccc(F)cc21. The molecule has 0 saturated heterocycles. The lowest BCUT2D eigenvalue weighted by molar-refractivity contribution is 0.627. The summed E-state index contributed by atoms with van der Waals surface area (Å²) in [6, 6.07) is 12.8. The van der Waals surface area contributed by atoms with E-state index >= 15 is 0 Å². The third kappa shape index (κ3) is 3.26. The molecule has 1 unspecified atom stereocenters. The largest absolute Gasteiger partial charge is 0.255 e. The summed E-state index contributed by atoms with van der Waals surface area (Å²) < 4.78 is 25.2. The first kappa shape index (κ1) is 17.2. The average Bonchev–Trinajstić information content (AvgIpc) is 2.81. The minimum atomic E-state index is -0.970. The van der Waals surface area contributed by atoms with Crippen LogP contribution < -0.4 is 0 Å². The third-order valence-electron chi connectivity index (χ3n) is 4.27. The molecule has 1 nitrogen and oxygen atoms in total. The third-order valence-corrected chi connectivity index (χ3v) is 5.78. The summed E-state index contributed by atoms with van der Waals surface area (Å²) in [5, 5.41) is 0. The Balaban J connectivity index is 2.08. The first-order valence-corrected chi connectivity index (χ1v) is 10.6. The molecular formula is C20H19FOS2. The minimum Gasteiger partial charge on any atom is -0.255 e. The summed E-state index contributed by atoms with van der Waals surface area (Å²) >= 11 is 1.74. The second-order valence-electron chi connectivity index (χ2n) is 5.81. The second kappa shape index (κ2) is 7.08. The maximum atomic E-state index is 13.7. The Bertz CT molecular complexity index is 864. The van der Waals surface area contributed by atoms with Crippen molar-refractivity contribution in [1.29, 1.82) is 0 Å². The smallest absolute Gasteiger partial charge is 0.123 e. The molecule has 0 saturated carbocycles. The van der Waals surface area contributed by atoms with Crippen LogP contribution in [0.15, 0.2) is 52.9 Å². The lowest BCUT2D eigenvalue weighted by atomic mass is 10.0. The quantitative estimate of drug-likeness (QED) is 0.742. The summed E-state index contributed by atoms with van der Waals surface area (Å²) in [4.78, 5) is 0.821. The molecule has 0 bridgehead atoms. The predicted octanol–water partition coefficient (Wildman–Crippen LogP) is 5.25. The van der Waals surface area contributed by atoms with Crippen LogP contribution >= 0.6 is 11.8 Å². The monoisotopic (exact) mass is 358 g/mol. The highest BCUT2D eigenvalue weighted by Gasteiger charge is 2.23. The molecule has 1 aliphatic carbocycles. The number of rotatable bonds is 4. The summed E-state index contributed by atoms with van der Waals surface area (Å²) in [6.07, 6.45) is 5.86. The maximum absolute atomic E-state index is 13.7. The van der Waals surface area contributed by atoms with Gasteiger partial charge in [0.2, 0.25) is 0 Å². The van der Waals surface area contributed by atoms with E-state index in [9.17, 15) is 8.60 Å². The molecule has 0 amide bonds. The van der Waals surface area contributed by atoms with Crippen LogP contribution in [-0.4, -0.2) is 22.5 Å². The van der Waals surface area contributed by atoms with E-state index in [0.29, 0.717) is 0 Å². The van der Waals surface area contributed by atoms with E-state index in [1.54, 1.807) is 24.1 Å². The fourth-order valence-corrected chi connectivity index (χ4v) is 4.19. The molecule has 0 radical (unpaired) electrons. The lowest BCUT2D eigenvalue weighted by Crippen LogP contribution is -1.89. The van der Waals surface area contributed by atoms with Crippen LogP contribution in [0.1, 0.15) is 23.6 Å². The summed E-state index contributed by atoms with van der Waals surface area (Å²) in [5.41, 5.74) is 6.68. The van der Waals surface area contributed by atoms with Crippen molar-refractivity contribution in [2.45, 2.75) is 11.8 Å². The topological polar surface area (TPSA) is 17.1 Å². The summed E-state index contributed by atoms with van der Waals surface area (Å²) in [5.74, 6) is 0.670. The molecule has 24 heavy (non-hydrogen) atoms. The Hall–Kier alpha value is -1.65. The van der Waals surface area contributed by atoms with Gasteiger partial charge in [0.25, 0.3) is 0 Å². The Morgan fingerprint density at radius 2 is 1.83 bits per heavy atom. The molecule has 1 aliphatic rings. The number of hydrogen-bond acceptors (Lipinski definition) is 2. The molecule has 124 valence electrons. The molecule has 0 aliphatic heterocycles. The van der Waals surface area contributed by atoms with Gasteiger partial charge in [-0.25, -0.2) is 4.39 Å². The lowest BCUT2D eigenvalue weighted by Gasteiger charge is -2.05. The van der Waals surface area contributed by atoms with Crippen molar-refractivity contribution in [1.82, 2.24) is 0 Å². The zero-order valence-corrected chi connectivity index (χ0v) is 15.6. The van der Waals surface area contributed by atoms with E-state index in [2.05, 4.69) is 19.3 Å². The zero-order valence-electron chi connectivity index (χ0n) is 13.9. The molecule has 4 heteroatoms. The van der Waals surface area contributed by atoms with Gasteiger partial charge in [-0.3, -0.25) is 4.21 Å². The first-order valence-electron chi connectivity index (χ1n) is 7.66. The predicted molar refractivity (Wildman–Crippen MR) is 104 cm³/mol. The highest BCUT2D eigenvalue weighted by molar-refractivity contribution is 7.99. The highest BCUT2D eigenvalue weighted by Crippen LogP contribution is 2.43. The number of halogens is 1. The Morgan fingerprint density at radius 1 is 1.12 bits per heavy atom. The van der Waals surface area contributed by atoms with Crippen molar-refractivity contribution in [2.24, 2.45) is 0 Å². The summed E-state index contributed by atoms with van der Waals surface area (Å²) in [7, 11) is -0.970. The van der Waals surface area contributed by atoms with Crippen LogP contribution in [0.4, 0.5) is 4.39 Å². The fraction of sp³-hybridized carbons (Fsp3) is 0.200.